The van der Waals surface area contributed by atoms with Gasteiger partial charge in [0.15, 0.2) is 0 Å². The number of benzene rings is 1. The SMILES string of the molecule is CC(=C\c1ccc(Cl)cc1)/C(C)=N/O. The van der Waals surface area contributed by atoms with Gasteiger partial charge < -0.3 is 5.21 Å². The Labute approximate surface area is 88.5 Å². The Balaban J connectivity index is 2.92. The minimum Gasteiger partial charge on any atom is -0.411 e. The van der Waals surface area contributed by atoms with Crippen LogP contribution in [0.2, 0.25) is 5.02 Å². The minimum absolute atomic E-state index is 0.611. The van der Waals surface area contributed by atoms with Gasteiger partial charge >= 0.3 is 0 Å². The zero-order valence-corrected chi connectivity index (χ0v) is 8.92. The highest BCUT2D eigenvalue weighted by atomic mass is 35.5. The number of allylic oxidation sites excluding steroid dienone is 1. The summed E-state index contributed by atoms with van der Waals surface area (Å²) in [7, 11) is 0. The summed E-state index contributed by atoms with van der Waals surface area (Å²) < 4.78 is 0. The average Bonchev–Trinajstić information content (AvgIpc) is 2.20. The molecule has 0 unspecified atom stereocenters. The smallest absolute Gasteiger partial charge is 0.0794 e. The zero-order valence-electron chi connectivity index (χ0n) is 8.16. The molecule has 0 amide bonds. The van der Waals surface area contributed by atoms with Crippen LogP contribution < -0.4 is 0 Å². The van der Waals surface area contributed by atoms with Gasteiger partial charge in [0.25, 0.3) is 0 Å². The zero-order chi connectivity index (χ0) is 10.6. The molecule has 0 aliphatic heterocycles. The molecule has 0 aliphatic carbocycles. The molecule has 14 heavy (non-hydrogen) atoms. The van der Waals surface area contributed by atoms with Gasteiger partial charge in [-0.25, -0.2) is 0 Å². The van der Waals surface area contributed by atoms with E-state index in [-0.39, 0.29) is 0 Å². The Kier molecular flexibility index (Phi) is 3.72. The molecular formula is C11H12ClNO. The maximum absolute atomic E-state index is 8.55. The standard InChI is InChI=1S/C11H12ClNO/c1-8(9(2)13-14)7-10-3-5-11(12)6-4-10/h3-7,14H,1-2H3/b8-7+,13-9+. The van der Waals surface area contributed by atoms with Crippen LogP contribution in [0.1, 0.15) is 19.4 Å². The molecule has 0 aromatic heterocycles. The van der Waals surface area contributed by atoms with Gasteiger partial charge in [-0.2, -0.15) is 0 Å². The molecule has 0 saturated heterocycles. The second kappa shape index (κ2) is 4.82. The largest absolute Gasteiger partial charge is 0.411 e. The van der Waals surface area contributed by atoms with Gasteiger partial charge in [0.2, 0.25) is 0 Å². The van der Waals surface area contributed by atoms with Crippen LogP contribution in [0, 0.1) is 0 Å². The van der Waals surface area contributed by atoms with Crippen LogP contribution in [0.25, 0.3) is 6.08 Å². The van der Waals surface area contributed by atoms with E-state index in [9.17, 15) is 0 Å². The number of rotatable bonds is 2. The van der Waals surface area contributed by atoms with Gasteiger partial charge in [-0.15, -0.1) is 0 Å². The molecule has 0 fully saturated rings. The summed E-state index contributed by atoms with van der Waals surface area (Å²) in [5.41, 5.74) is 2.57. The van der Waals surface area contributed by atoms with E-state index in [1.54, 1.807) is 6.92 Å². The quantitative estimate of drug-likeness (QED) is 0.451. The van der Waals surface area contributed by atoms with Crippen molar-refractivity contribution in [2.75, 3.05) is 0 Å². The molecule has 0 radical (unpaired) electrons. The molecule has 1 aromatic carbocycles. The van der Waals surface area contributed by atoms with Gasteiger partial charge in [-0.1, -0.05) is 35.0 Å². The molecule has 0 heterocycles. The first-order chi connectivity index (χ1) is 6.63. The normalized spacial score (nSPS) is 13.1. The summed E-state index contributed by atoms with van der Waals surface area (Å²) in [4.78, 5) is 0. The molecule has 3 heteroatoms. The van der Waals surface area contributed by atoms with Gasteiger partial charge in [0.05, 0.1) is 5.71 Å². The Morgan fingerprint density at radius 3 is 2.36 bits per heavy atom. The Bertz CT molecular complexity index is 365. The molecule has 2 nitrogen and oxygen atoms in total. The van der Waals surface area contributed by atoms with Gasteiger partial charge in [0.1, 0.15) is 0 Å². The summed E-state index contributed by atoms with van der Waals surface area (Å²) in [5, 5.41) is 12.4. The van der Waals surface area contributed by atoms with E-state index in [0.717, 1.165) is 11.1 Å². The lowest BCUT2D eigenvalue weighted by Gasteiger charge is -1.98. The molecular weight excluding hydrogens is 198 g/mol. The third-order valence-corrected chi connectivity index (χ3v) is 2.23. The summed E-state index contributed by atoms with van der Waals surface area (Å²) in [6.45, 7) is 3.64. The molecule has 0 spiro atoms. The van der Waals surface area contributed by atoms with Crippen molar-refractivity contribution < 1.29 is 5.21 Å². The first-order valence-electron chi connectivity index (χ1n) is 4.26. The maximum Gasteiger partial charge on any atom is 0.0794 e. The lowest BCUT2D eigenvalue weighted by Crippen LogP contribution is -1.92. The van der Waals surface area contributed by atoms with E-state index >= 15 is 0 Å². The second-order valence-corrected chi connectivity index (χ2v) is 3.50. The Morgan fingerprint density at radius 1 is 1.29 bits per heavy atom. The third-order valence-electron chi connectivity index (χ3n) is 1.97. The van der Waals surface area contributed by atoms with E-state index in [4.69, 9.17) is 16.8 Å². The van der Waals surface area contributed by atoms with E-state index in [1.807, 2.05) is 37.3 Å². The summed E-state index contributed by atoms with van der Waals surface area (Å²) in [6, 6.07) is 7.48. The van der Waals surface area contributed by atoms with Crippen molar-refractivity contribution in [2.45, 2.75) is 13.8 Å². The van der Waals surface area contributed by atoms with E-state index in [2.05, 4.69) is 5.16 Å². The Hall–Kier alpha value is -1.28. The van der Waals surface area contributed by atoms with Gasteiger partial charge in [0, 0.05) is 5.02 Å². The van der Waals surface area contributed by atoms with E-state index in [1.165, 1.54) is 0 Å². The van der Waals surface area contributed by atoms with Crippen molar-refractivity contribution in [3.05, 3.63) is 40.4 Å². The van der Waals surface area contributed by atoms with Crippen LogP contribution in [0.15, 0.2) is 35.0 Å². The van der Waals surface area contributed by atoms with Crippen LogP contribution in [0.5, 0.6) is 0 Å². The summed E-state index contributed by atoms with van der Waals surface area (Å²) in [5.74, 6) is 0. The lowest BCUT2D eigenvalue weighted by atomic mass is 10.1. The molecule has 0 bridgehead atoms. The first-order valence-corrected chi connectivity index (χ1v) is 4.64. The van der Waals surface area contributed by atoms with Crippen LogP contribution in [0.3, 0.4) is 0 Å². The molecule has 0 saturated carbocycles. The van der Waals surface area contributed by atoms with Crippen molar-refractivity contribution in [1.82, 2.24) is 0 Å². The highest BCUT2D eigenvalue weighted by Crippen LogP contribution is 2.12. The molecule has 74 valence electrons. The fraction of sp³-hybridized carbons (Fsp3) is 0.182. The number of hydrogen-bond acceptors (Lipinski definition) is 2. The van der Waals surface area contributed by atoms with Crippen molar-refractivity contribution in [2.24, 2.45) is 5.16 Å². The number of halogens is 1. The molecule has 1 aromatic rings. The van der Waals surface area contributed by atoms with Crippen LogP contribution in [-0.4, -0.2) is 10.9 Å². The molecule has 0 atom stereocenters. The molecule has 0 aliphatic rings. The van der Waals surface area contributed by atoms with Crippen LogP contribution >= 0.6 is 11.6 Å². The maximum atomic E-state index is 8.55. The van der Waals surface area contributed by atoms with Crippen molar-refractivity contribution >= 4 is 23.4 Å². The van der Waals surface area contributed by atoms with Crippen molar-refractivity contribution in [1.29, 1.82) is 0 Å². The van der Waals surface area contributed by atoms with E-state index < -0.39 is 0 Å². The summed E-state index contributed by atoms with van der Waals surface area (Å²) >= 11 is 5.75. The van der Waals surface area contributed by atoms with Crippen LogP contribution in [0.4, 0.5) is 0 Å². The fourth-order valence-electron chi connectivity index (χ4n) is 0.992. The number of nitrogens with zero attached hydrogens (tertiary/aromatic N) is 1. The highest BCUT2D eigenvalue weighted by molar-refractivity contribution is 6.30. The van der Waals surface area contributed by atoms with Crippen molar-refractivity contribution in [3.8, 4) is 0 Å². The first kappa shape index (κ1) is 10.8. The third kappa shape index (κ3) is 2.89. The van der Waals surface area contributed by atoms with Gasteiger partial charge in [-0.05, 0) is 37.1 Å². The molecule has 1 rings (SSSR count). The topological polar surface area (TPSA) is 32.6 Å². The van der Waals surface area contributed by atoms with Gasteiger partial charge in [-0.3, -0.25) is 0 Å². The predicted molar refractivity (Wildman–Crippen MR) is 60.0 cm³/mol. The summed E-state index contributed by atoms with van der Waals surface area (Å²) in [6.07, 6.45) is 1.94. The highest BCUT2D eigenvalue weighted by Gasteiger charge is 1.95. The second-order valence-electron chi connectivity index (χ2n) is 3.06. The van der Waals surface area contributed by atoms with Crippen LogP contribution in [-0.2, 0) is 0 Å². The van der Waals surface area contributed by atoms with E-state index in [0.29, 0.717) is 10.7 Å². The predicted octanol–water partition coefficient (Wildman–Crippen LogP) is 3.59. The fourth-order valence-corrected chi connectivity index (χ4v) is 1.12. The molecule has 1 N–H and O–H groups in total. The lowest BCUT2D eigenvalue weighted by molar-refractivity contribution is 0.319. The number of oxime groups is 1. The monoisotopic (exact) mass is 209 g/mol. The number of hydrogen-bond donors (Lipinski definition) is 1. The minimum atomic E-state index is 0.611. The average molecular weight is 210 g/mol. The Morgan fingerprint density at radius 2 is 1.86 bits per heavy atom. The van der Waals surface area contributed by atoms with Crippen molar-refractivity contribution in [3.63, 3.8) is 0 Å².